The third kappa shape index (κ3) is 3.52. The summed E-state index contributed by atoms with van der Waals surface area (Å²) in [6, 6.07) is 6.20. The number of aromatic nitrogens is 1. The van der Waals surface area contributed by atoms with Crippen molar-refractivity contribution in [2.45, 2.75) is 12.5 Å². The van der Waals surface area contributed by atoms with Crippen molar-refractivity contribution in [2.24, 2.45) is 0 Å². The summed E-state index contributed by atoms with van der Waals surface area (Å²) in [5.74, 6) is 0. The zero-order valence-electron chi connectivity index (χ0n) is 9.28. The van der Waals surface area contributed by atoms with Gasteiger partial charge >= 0.3 is 0 Å². The summed E-state index contributed by atoms with van der Waals surface area (Å²) in [6.45, 7) is 0. The predicted octanol–water partition coefficient (Wildman–Crippen LogP) is 4.06. The van der Waals surface area contributed by atoms with E-state index in [-0.39, 0.29) is 6.04 Å². The van der Waals surface area contributed by atoms with E-state index in [1.54, 1.807) is 17.5 Å². The van der Waals surface area contributed by atoms with E-state index in [9.17, 15) is 0 Å². The number of halogens is 2. The maximum Gasteiger partial charge on any atom is 0.0589 e. The van der Waals surface area contributed by atoms with E-state index in [0.29, 0.717) is 5.02 Å². The molecular formula is C12H12BrClN2S. The molecule has 0 aromatic carbocycles. The van der Waals surface area contributed by atoms with E-state index >= 15 is 0 Å². The lowest BCUT2D eigenvalue weighted by molar-refractivity contribution is 0.580. The molecule has 2 heterocycles. The van der Waals surface area contributed by atoms with Gasteiger partial charge in [0, 0.05) is 27.3 Å². The number of nitrogens with one attached hydrogen (secondary N) is 1. The molecule has 0 spiro atoms. The van der Waals surface area contributed by atoms with E-state index in [4.69, 9.17) is 11.6 Å². The summed E-state index contributed by atoms with van der Waals surface area (Å²) < 4.78 is 1.14. The van der Waals surface area contributed by atoms with Crippen molar-refractivity contribution in [3.63, 3.8) is 0 Å². The Kier molecular flexibility index (Phi) is 4.56. The highest BCUT2D eigenvalue weighted by Gasteiger charge is 2.12. The van der Waals surface area contributed by atoms with E-state index in [2.05, 4.69) is 37.7 Å². The Morgan fingerprint density at radius 1 is 1.53 bits per heavy atom. The number of thiophene rings is 1. The molecule has 2 aromatic heterocycles. The van der Waals surface area contributed by atoms with Gasteiger partial charge in [0.2, 0.25) is 0 Å². The Balaban J connectivity index is 2.13. The summed E-state index contributed by atoms with van der Waals surface area (Å²) >= 11 is 11.1. The van der Waals surface area contributed by atoms with Crippen LogP contribution in [-0.2, 0) is 6.42 Å². The van der Waals surface area contributed by atoms with Crippen molar-refractivity contribution >= 4 is 38.9 Å². The van der Waals surface area contributed by atoms with Crippen LogP contribution in [-0.4, -0.2) is 12.0 Å². The largest absolute Gasteiger partial charge is 0.311 e. The molecule has 0 aliphatic carbocycles. The molecule has 1 atom stereocenters. The van der Waals surface area contributed by atoms with Crippen molar-refractivity contribution < 1.29 is 0 Å². The SMILES string of the molecule is CNC(Cc1cc(Br)cs1)c1ccc(Cl)cn1. The van der Waals surface area contributed by atoms with Gasteiger partial charge in [0.25, 0.3) is 0 Å². The van der Waals surface area contributed by atoms with Crippen LogP contribution in [0.1, 0.15) is 16.6 Å². The second kappa shape index (κ2) is 5.96. The molecule has 90 valence electrons. The minimum absolute atomic E-state index is 0.220. The summed E-state index contributed by atoms with van der Waals surface area (Å²) in [4.78, 5) is 5.68. The minimum atomic E-state index is 0.220. The van der Waals surface area contributed by atoms with Gasteiger partial charge in [-0.2, -0.15) is 0 Å². The monoisotopic (exact) mass is 330 g/mol. The van der Waals surface area contributed by atoms with Crippen LogP contribution in [0.4, 0.5) is 0 Å². The fourth-order valence-electron chi connectivity index (χ4n) is 1.61. The second-order valence-electron chi connectivity index (χ2n) is 3.68. The van der Waals surface area contributed by atoms with Crippen LogP contribution in [0.15, 0.2) is 34.2 Å². The highest BCUT2D eigenvalue weighted by molar-refractivity contribution is 9.10. The molecule has 0 bridgehead atoms. The van der Waals surface area contributed by atoms with E-state index in [1.807, 2.05) is 19.2 Å². The first kappa shape index (κ1) is 13.0. The maximum atomic E-state index is 5.84. The lowest BCUT2D eigenvalue weighted by atomic mass is 10.1. The van der Waals surface area contributed by atoms with Gasteiger partial charge < -0.3 is 5.32 Å². The Labute approximate surface area is 118 Å². The number of hydrogen-bond acceptors (Lipinski definition) is 3. The normalized spacial score (nSPS) is 12.6. The average molecular weight is 332 g/mol. The standard InChI is InChI=1S/C12H12BrClN2S/c1-15-12(5-10-4-8(13)7-17-10)11-3-2-9(14)6-16-11/h2-4,6-7,12,15H,5H2,1H3. The highest BCUT2D eigenvalue weighted by Crippen LogP contribution is 2.25. The van der Waals surface area contributed by atoms with Gasteiger partial charge in [-0.25, -0.2) is 0 Å². The average Bonchev–Trinajstić information content (AvgIpc) is 2.73. The predicted molar refractivity (Wildman–Crippen MR) is 76.8 cm³/mol. The van der Waals surface area contributed by atoms with Crippen LogP contribution in [0, 0.1) is 0 Å². The summed E-state index contributed by atoms with van der Waals surface area (Å²) in [7, 11) is 1.95. The van der Waals surface area contributed by atoms with Crippen LogP contribution >= 0.6 is 38.9 Å². The first-order chi connectivity index (χ1) is 8.19. The number of pyridine rings is 1. The van der Waals surface area contributed by atoms with Crippen LogP contribution < -0.4 is 5.32 Å². The minimum Gasteiger partial charge on any atom is -0.311 e. The van der Waals surface area contributed by atoms with Crippen LogP contribution in [0.5, 0.6) is 0 Å². The lowest BCUT2D eigenvalue weighted by Gasteiger charge is -2.14. The van der Waals surface area contributed by atoms with Crippen molar-refractivity contribution in [3.05, 3.63) is 49.8 Å². The number of likely N-dealkylation sites (N-methyl/N-ethyl adjacent to an activating group) is 1. The van der Waals surface area contributed by atoms with E-state index in [1.165, 1.54) is 4.88 Å². The molecule has 5 heteroatoms. The molecule has 2 rings (SSSR count). The Bertz CT molecular complexity index is 484. The first-order valence-corrected chi connectivity index (χ1v) is 7.25. The fourth-order valence-corrected chi connectivity index (χ4v) is 3.22. The topological polar surface area (TPSA) is 24.9 Å². The van der Waals surface area contributed by atoms with Gasteiger partial charge in [-0.15, -0.1) is 11.3 Å². The van der Waals surface area contributed by atoms with Gasteiger partial charge in [0.05, 0.1) is 16.8 Å². The van der Waals surface area contributed by atoms with Crippen LogP contribution in [0.25, 0.3) is 0 Å². The molecule has 17 heavy (non-hydrogen) atoms. The Hall–Kier alpha value is -0.420. The number of hydrogen-bond donors (Lipinski definition) is 1. The third-order valence-electron chi connectivity index (χ3n) is 2.48. The highest BCUT2D eigenvalue weighted by atomic mass is 79.9. The maximum absolute atomic E-state index is 5.84. The van der Waals surface area contributed by atoms with E-state index in [0.717, 1.165) is 16.6 Å². The lowest BCUT2D eigenvalue weighted by Crippen LogP contribution is -2.19. The van der Waals surface area contributed by atoms with Gasteiger partial charge in [-0.05, 0) is 41.2 Å². The van der Waals surface area contributed by atoms with Crippen molar-refractivity contribution in [2.75, 3.05) is 7.05 Å². The van der Waals surface area contributed by atoms with Crippen LogP contribution in [0.2, 0.25) is 5.02 Å². The molecule has 0 radical (unpaired) electrons. The molecule has 2 nitrogen and oxygen atoms in total. The molecule has 0 saturated carbocycles. The summed E-state index contributed by atoms with van der Waals surface area (Å²) in [5, 5.41) is 6.04. The number of nitrogens with zero attached hydrogens (tertiary/aromatic N) is 1. The zero-order chi connectivity index (χ0) is 12.3. The van der Waals surface area contributed by atoms with Gasteiger partial charge in [0.1, 0.15) is 0 Å². The smallest absolute Gasteiger partial charge is 0.0589 e. The molecule has 0 amide bonds. The zero-order valence-corrected chi connectivity index (χ0v) is 12.4. The first-order valence-electron chi connectivity index (χ1n) is 5.20. The quantitative estimate of drug-likeness (QED) is 0.914. The van der Waals surface area contributed by atoms with Crippen molar-refractivity contribution in [3.8, 4) is 0 Å². The third-order valence-corrected chi connectivity index (χ3v) is 4.43. The van der Waals surface area contributed by atoms with E-state index < -0.39 is 0 Å². The molecular weight excluding hydrogens is 320 g/mol. The molecule has 0 aliphatic rings. The summed E-state index contributed by atoms with van der Waals surface area (Å²) in [6.07, 6.45) is 2.62. The molecule has 0 saturated heterocycles. The van der Waals surface area contributed by atoms with Gasteiger partial charge in [-0.1, -0.05) is 11.6 Å². The Morgan fingerprint density at radius 2 is 2.35 bits per heavy atom. The molecule has 0 aliphatic heterocycles. The van der Waals surface area contributed by atoms with Crippen molar-refractivity contribution in [1.82, 2.24) is 10.3 Å². The van der Waals surface area contributed by atoms with Crippen molar-refractivity contribution in [1.29, 1.82) is 0 Å². The second-order valence-corrected chi connectivity index (χ2v) is 6.03. The Morgan fingerprint density at radius 3 is 2.88 bits per heavy atom. The molecule has 1 N–H and O–H groups in total. The van der Waals surface area contributed by atoms with Gasteiger partial charge in [-0.3, -0.25) is 4.98 Å². The molecule has 2 aromatic rings. The van der Waals surface area contributed by atoms with Crippen LogP contribution in [0.3, 0.4) is 0 Å². The number of rotatable bonds is 4. The van der Waals surface area contributed by atoms with Gasteiger partial charge in [0.15, 0.2) is 0 Å². The fraction of sp³-hybridized carbons (Fsp3) is 0.250. The molecule has 0 fully saturated rings. The summed E-state index contributed by atoms with van der Waals surface area (Å²) in [5.41, 5.74) is 1.02. The molecule has 1 unspecified atom stereocenters.